The first-order valence-corrected chi connectivity index (χ1v) is 5.33. The van der Waals surface area contributed by atoms with E-state index in [1.165, 1.54) is 0 Å². The molecule has 0 aliphatic rings. The smallest absolute Gasteiger partial charge is 0.323 e. The van der Waals surface area contributed by atoms with Gasteiger partial charge in [0.25, 0.3) is 0 Å². The van der Waals surface area contributed by atoms with Crippen molar-refractivity contribution in [1.82, 2.24) is 10.2 Å². The normalized spacial score (nSPS) is 11.5. The van der Waals surface area contributed by atoms with Crippen molar-refractivity contribution in [2.24, 2.45) is 0 Å². The highest BCUT2D eigenvalue weighted by Gasteiger charge is 2.12. The number of hydrogen-bond donors (Lipinski definition) is 0. The summed E-state index contributed by atoms with van der Waals surface area (Å²) in [7, 11) is -4.68. The Kier molecular flexibility index (Phi) is 2.25. The van der Waals surface area contributed by atoms with Gasteiger partial charge in [0.1, 0.15) is 0 Å². The van der Waals surface area contributed by atoms with E-state index in [9.17, 15) is 13.0 Å². The second-order valence-electron chi connectivity index (χ2n) is 2.69. The number of rotatable bonds is 2. The molecule has 1 heterocycles. The molecular weight excluding hydrogens is 220 g/mol. The fourth-order valence-electron chi connectivity index (χ4n) is 1.01. The van der Waals surface area contributed by atoms with Gasteiger partial charge in [-0.25, -0.2) is 8.42 Å². The third kappa shape index (κ3) is 2.03. The SMILES string of the molecule is O=S(=O)([O-])c1nnc(-c2ccccc2)o1. The van der Waals surface area contributed by atoms with Crippen molar-refractivity contribution in [3.8, 4) is 11.5 Å². The minimum absolute atomic E-state index is 0.00465. The van der Waals surface area contributed by atoms with Crippen LogP contribution in [-0.2, 0) is 10.1 Å². The molecule has 0 fully saturated rings. The van der Waals surface area contributed by atoms with Crippen molar-refractivity contribution in [2.45, 2.75) is 5.22 Å². The highest BCUT2D eigenvalue weighted by Crippen LogP contribution is 2.18. The van der Waals surface area contributed by atoms with Gasteiger partial charge in [0.2, 0.25) is 5.89 Å². The third-order valence-electron chi connectivity index (χ3n) is 1.64. The van der Waals surface area contributed by atoms with Crippen LogP contribution in [0, 0.1) is 0 Å². The van der Waals surface area contributed by atoms with E-state index >= 15 is 0 Å². The standard InChI is InChI=1S/C8H6N2O4S/c11-15(12,13)8-10-9-7(14-8)6-4-2-1-3-5-6/h1-5H,(H,11,12,13)/p-1. The molecule has 0 spiro atoms. The average molecular weight is 225 g/mol. The van der Waals surface area contributed by atoms with Crippen LogP contribution < -0.4 is 0 Å². The fraction of sp³-hybridized carbons (Fsp3) is 0. The topological polar surface area (TPSA) is 96.1 Å². The largest absolute Gasteiger partial charge is 0.740 e. The predicted octanol–water partition coefficient (Wildman–Crippen LogP) is 0.641. The molecule has 6 nitrogen and oxygen atoms in total. The summed E-state index contributed by atoms with van der Waals surface area (Å²) < 4.78 is 36.3. The summed E-state index contributed by atoms with van der Waals surface area (Å²) in [5.41, 5.74) is 0.555. The third-order valence-corrected chi connectivity index (χ3v) is 2.23. The summed E-state index contributed by atoms with van der Waals surface area (Å²) in [5.74, 6) is 0.00465. The van der Waals surface area contributed by atoms with Crippen LogP contribution in [0.25, 0.3) is 11.5 Å². The molecule has 78 valence electrons. The van der Waals surface area contributed by atoms with E-state index < -0.39 is 15.3 Å². The zero-order valence-corrected chi connectivity index (χ0v) is 8.14. The summed E-state index contributed by atoms with van der Waals surface area (Å²) in [5, 5.41) is 5.69. The molecular formula is C8H5N2O4S-. The number of aromatic nitrogens is 2. The van der Waals surface area contributed by atoms with Crippen LogP contribution >= 0.6 is 0 Å². The molecule has 1 aromatic heterocycles. The molecule has 0 unspecified atom stereocenters. The molecule has 0 bridgehead atoms. The minimum atomic E-state index is -4.68. The van der Waals surface area contributed by atoms with Gasteiger partial charge in [-0.3, -0.25) is 0 Å². The van der Waals surface area contributed by atoms with Crippen molar-refractivity contribution in [2.75, 3.05) is 0 Å². The number of nitrogens with zero attached hydrogens (tertiary/aromatic N) is 2. The predicted molar refractivity (Wildman–Crippen MR) is 47.7 cm³/mol. The minimum Gasteiger partial charge on any atom is -0.740 e. The van der Waals surface area contributed by atoms with Crippen molar-refractivity contribution in [1.29, 1.82) is 0 Å². The van der Waals surface area contributed by atoms with Gasteiger partial charge in [-0.2, -0.15) is 0 Å². The van der Waals surface area contributed by atoms with Gasteiger partial charge in [0.15, 0.2) is 10.1 Å². The van der Waals surface area contributed by atoms with Crippen LogP contribution in [0.4, 0.5) is 0 Å². The Morgan fingerprint density at radius 3 is 2.33 bits per heavy atom. The molecule has 0 atom stereocenters. The number of benzene rings is 1. The molecule has 0 saturated heterocycles. The molecule has 0 aliphatic carbocycles. The summed E-state index contributed by atoms with van der Waals surface area (Å²) in [6.45, 7) is 0. The molecule has 2 aromatic rings. The second-order valence-corrected chi connectivity index (χ2v) is 3.95. The molecule has 0 N–H and O–H groups in total. The van der Waals surface area contributed by atoms with Crippen LogP contribution in [0.15, 0.2) is 40.0 Å². The van der Waals surface area contributed by atoms with Crippen LogP contribution in [0.5, 0.6) is 0 Å². The molecule has 0 radical (unpaired) electrons. The molecule has 0 amide bonds. The van der Waals surface area contributed by atoms with Gasteiger partial charge >= 0.3 is 5.22 Å². The second kappa shape index (κ2) is 3.44. The first-order valence-electron chi connectivity index (χ1n) is 3.92. The lowest BCUT2D eigenvalue weighted by molar-refractivity contribution is 0.388. The van der Waals surface area contributed by atoms with Gasteiger partial charge in [-0.15, -0.1) is 5.10 Å². The summed E-state index contributed by atoms with van der Waals surface area (Å²) in [4.78, 5) is 0. The first-order chi connectivity index (χ1) is 7.07. The fourth-order valence-corrected chi connectivity index (χ4v) is 1.33. The van der Waals surface area contributed by atoms with Crippen LogP contribution in [0.3, 0.4) is 0 Å². The van der Waals surface area contributed by atoms with E-state index in [4.69, 9.17) is 4.42 Å². The summed E-state index contributed by atoms with van der Waals surface area (Å²) in [6, 6.07) is 8.56. The zero-order valence-electron chi connectivity index (χ0n) is 7.32. The van der Waals surface area contributed by atoms with Crippen LogP contribution in [-0.4, -0.2) is 23.2 Å². The lowest BCUT2D eigenvalue weighted by Gasteiger charge is -1.97. The maximum absolute atomic E-state index is 10.5. The molecule has 0 saturated carbocycles. The lowest BCUT2D eigenvalue weighted by Crippen LogP contribution is -1.98. The van der Waals surface area contributed by atoms with E-state index in [1.54, 1.807) is 30.3 Å². The van der Waals surface area contributed by atoms with Gasteiger partial charge in [-0.05, 0) is 12.1 Å². The Bertz CT molecular complexity index is 561. The monoisotopic (exact) mass is 225 g/mol. The Hall–Kier alpha value is -1.73. The maximum atomic E-state index is 10.5. The van der Waals surface area contributed by atoms with E-state index in [-0.39, 0.29) is 5.89 Å². The molecule has 2 rings (SSSR count). The van der Waals surface area contributed by atoms with Crippen molar-refractivity contribution in [3.05, 3.63) is 30.3 Å². The first kappa shape index (κ1) is 9.81. The zero-order chi connectivity index (χ0) is 10.9. The van der Waals surface area contributed by atoms with Gasteiger partial charge in [-0.1, -0.05) is 23.3 Å². The average Bonchev–Trinajstić information content (AvgIpc) is 2.67. The van der Waals surface area contributed by atoms with Gasteiger partial charge in [0.05, 0.1) is 0 Å². The van der Waals surface area contributed by atoms with Crippen molar-refractivity contribution >= 4 is 10.1 Å². The highest BCUT2D eigenvalue weighted by atomic mass is 32.2. The Morgan fingerprint density at radius 1 is 1.13 bits per heavy atom. The quantitative estimate of drug-likeness (QED) is 0.696. The Labute approximate surface area is 85.3 Å². The number of hydrogen-bond acceptors (Lipinski definition) is 6. The van der Waals surface area contributed by atoms with Crippen molar-refractivity contribution in [3.63, 3.8) is 0 Å². The van der Waals surface area contributed by atoms with Gasteiger partial charge < -0.3 is 8.97 Å². The van der Waals surface area contributed by atoms with E-state index in [2.05, 4.69) is 10.2 Å². The molecule has 7 heteroatoms. The highest BCUT2D eigenvalue weighted by molar-refractivity contribution is 7.85. The van der Waals surface area contributed by atoms with E-state index in [0.29, 0.717) is 5.56 Å². The maximum Gasteiger partial charge on any atom is 0.323 e. The Morgan fingerprint density at radius 2 is 1.80 bits per heavy atom. The molecule has 0 aliphatic heterocycles. The summed E-state index contributed by atoms with van der Waals surface area (Å²) >= 11 is 0. The van der Waals surface area contributed by atoms with Crippen molar-refractivity contribution < 1.29 is 17.4 Å². The Balaban J connectivity index is 2.46. The van der Waals surface area contributed by atoms with E-state index in [1.807, 2.05) is 0 Å². The van der Waals surface area contributed by atoms with Crippen LogP contribution in [0.1, 0.15) is 0 Å². The molecule has 1 aromatic carbocycles. The van der Waals surface area contributed by atoms with E-state index in [0.717, 1.165) is 0 Å². The van der Waals surface area contributed by atoms with Crippen LogP contribution in [0.2, 0.25) is 0 Å². The summed E-state index contributed by atoms with van der Waals surface area (Å²) in [6.07, 6.45) is 0. The lowest BCUT2D eigenvalue weighted by atomic mass is 10.2. The molecule has 15 heavy (non-hydrogen) atoms. The van der Waals surface area contributed by atoms with Gasteiger partial charge in [0, 0.05) is 5.56 Å².